The quantitative estimate of drug-likeness (QED) is 0.772. The molecule has 0 spiro atoms. The van der Waals surface area contributed by atoms with Crippen molar-refractivity contribution in [2.24, 2.45) is 0 Å². The van der Waals surface area contributed by atoms with Crippen LogP contribution in [-0.4, -0.2) is 37.2 Å². The van der Waals surface area contributed by atoms with Crippen LogP contribution >= 0.6 is 27.3 Å². The summed E-state index contributed by atoms with van der Waals surface area (Å²) in [7, 11) is 3.39. The summed E-state index contributed by atoms with van der Waals surface area (Å²) in [6.45, 7) is 4.32. The van der Waals surface area contributed by atoms with Crippen molar-refractivity contribution >= 4 is 27.3 Å². The van der Waals surface area contributed by atoms with Crippen LogP contribution in [0, 0.1) is 0 Å². The number of ether oxygens (including phenoxy) is 2. The van der Waals surface area contributed by atoms with Crippen LogP contribution < -0.4 is 10.1 Å². The number of methoxy groups -OCH3 is 2. The van der Waals surface area contributed by atoms with E-state index >= 15 is 0 Å². The predicted molar refractivity (Wildman–Crippen MR) is 88.2 cm³/mol. The molecule has 0 radical (unpaired) electrons. The lowest BCUT2D eigenvalue weighted by atomic mass is 10.1. The van der Waals surface area contributed by atoms with Gasteiger partial charge in [-0.2, -0.15) is 5.10 Å². The Morgan fingerprint density at radius 1 is 1.48 bits per heavy atom. The number of hydrogen-bond donors (Lipinski definition) is 1. The molecule has 1 atom stereocenters. The molecule has 1 N–H and O–H groups in total. The highest BCUT2D eigenvalue weighted by Gasteiger charge is 2.23. The molecular weight excluding hydrogens is 354 g/mol. The first-order valence-corrected chi connectivity index (χ1v) is 8.44. The van der Waals surface area contributed by atoms with Gasteiger partial charge in [-0.25, -0.2) is 0 Å². The lowest BCUT2D eigenvalue weighted by Gasteiger charge is -2.19. The van der Waals surface area contributed by atoms with E-state index in [1.165, 1.54) is 4.88 Å². The predicted octanol–water partition coefficient (Wildman–Crippen LogP) is 3.06. The Labute approximate surface area is 137 Å². The third-order valence-corrected chi connectivity index (χ3v) is 4.72. The van der Waals surface area contributed by atoms with E-state index in [4.69, 9.17) is 9.47 Å². The zero-order valence-corrected chi connectivity index (χ0v) is 14.8. The maximum Gasteiger partial charge on any atom is 0.129 e. The molecule has 7 heteroatoms. The minimum atomic E-state index is 0.0811. The van der Waals surface area contributed by atoms with Gasteiger partial charge < -0.3 is 14.8 Å². The molecule has 21 heavy (non-hydrogen) atoms. The number of nitrogens with zero attached hydrogens (tertiary/aromatic N) is 2. The second-order valence-electron chi connectivity index (χ2n) is 4.47. The Morgan fingerprint density at radius 3 is 2.90 bits per heavy atom. The summed E-state index contributed by atoms with van der Waals surface area (Å²) in [6.07, 6.45) is 1.83. The maximum atomic E-state index is 5.29. The molecule has 0 aliphatic heterocycles. The number of thiophene rings is 1. The van der Waals surface area contributed by atoms with Crippen LogP contribution in [0.3, 0.4) is 0 Å². The van der Waals surface area contributed by atoms with E-state index in [0.717, 1.165) is 29.0 Å². The second-order valence-corrected chi connectivity index (χ2v) is 6.27. The average Bonchev–Trinajstić information content (AvgIpc) is 3.10. The lowest BCUT2D eigenvalue weighted by Crippen LogP contribution is -2.25. The molecule has 0 amide bonds. The van der Waals surface area contributed by atoms with Gasteiger partial charge in [-0.05, 0) is 28.5 Å². The van der Waals surface area contributed by atoms with Crippen molar-refractivity contribution < 1.29 is 9.47 Å². The smallest absolute Gasteiger partial charge is 0.129 e. The zero-order chi connectivity index (χ0) is 15.2. The van der Waals surface area contributed by atoms with Crippen molar-refractivity contribution in [1.29, 1.82) is 0 Å². The Morgan fingerprint density at radius 2 is 2.29 bits per heavy atom. The summed E-state index contributed by atoms with van der Waals surface area (Å²) in [4.78, 5) is 1.20. The lowest BCUT2D eigenvalue weighted by molar-refractivity contribution is 0.182. The fraction of sp³-hybridized carbons (Fsp3) is 0.500. The van der Waals surface area contributed by atoms with E-state index in [1.54, 1.807) is 25.6 Å². The largest absolute Gasteiger partial charge is 0.496 e. The average molecular weight is 374 g/mol. The van der Waals surface area contributed by atoms with Gasteiger partial charge in [0.15, 0.2) is 0 Å². The number of halogens is 1. The first-order valence-electron chi connectivity index (χ1n) is 6.77. The highest BCUT2D eigenvalue weighted by molar-refractivity contribution is 9.10. The topological polar surface area (TPSA) is 48.3 Å². The van der Waals surface area contributed by atoms with Crippen LogP contribution in [0.15, 0.2) is 22.1 Å². The van der Waals surface area contributed by atoms with Crippen LogP contribution in [0.25, 0.3) is 0 Å². The normalized spacial score (nSPS) is 12.6. The summed E-state index contributed by atoms with van der Waals surface area (Å²) < 4.78 is 13.4. The number of hydrogen-bond acceptors (Lipinski definition) is 5. The van der Waals surface area contributed by atoms with Gasteiger partial charge in [0, 0.05) is 17.4 Å². The van der Waals surface area contributed by atoms with Crippen molar-refractivity contribution in [2.45, 2.75) is 19.5 Å². The highest BCUT2D eigenvalue weighted by atomic mass is 79.9. The van der Waals surface area contributed by atoms with Crippen LogP contribution in [0.4, 0.5) is 0 Å². The molecule has 1 unspecified atom stereocenters. The third-order valence-electron chi connectivity index (χ3n) is 3.14. The molecule has 5 nitrogen and oxygen atoms in total. The second kappa shape index (κ2) is 7.93. The van der Waals surface area contributed by atoms with Crippen molar-refractivity contribution in [3.63, 3.8) is 0 Å². The van der Waals surface area contributed by atoms with Gasteiger partial charge in [0.2, 0.25) is 0 Å². The van der Waals surface area contributed by atoms with E-state index in [-0.39, 0.29) is 6.04 Å². The zero-order valence-electron chi connectivity index (χ0n) is 12.4. The van der Waals surface area contributed by atoms with Crippen LogP contribution in [0.5, 0.6) is 5.75 Å². The summed E-state index contributed by atoms with van der Waals surface area (Å²) in [5.41, 5.74) is 1.11. The van der Waals surface area contributed by atoms with E-state index in [0.29, 0.717) is 6.61 Å². The summed E-state index contributed by atoms with van der Waals surface area (Å²) in [6, 6.07) is 2.15. The van der Waals surface area contributed by atoms with Crippen LogP contribution in [0.2, 0.25) is 0 Å². The molecule has 2 rings (SSSR count). The molecule has 116 valence electrons. The first kappa shape index (κ1) is 16.5. The standard InChI is InChI=1S/C14H20BrN3O2S/c1-4-16-13(12-7-10(20-3)9-21-12)14-11(15)8-17-18(14)5-6-19-2/h7-9,13,16H,4-6H2,1-3H3. The molecule has 2 heterocycles. The van der Waals surface area contributed by atoms with E-state index < -0.39 is 0 Å². The van der Waals surface area contributed by atoms with Gasteiger partial charge in [-0.3, -0.25) is 4.68 Å². The monoisotopic (exact) mass is 373 g/mol. The van der Waals surface area contributed by atoms with Crippen LogP contribution in [-0.2, 0) is 11.3 Å². The minimum Gasteiger partial charge on any atom is -0.496 e. The molecule has 2 aromatic rings. The molecule has 0 aliphatic rings. The fourth-order valence-electron chi connectivity index (χ4n) is 2.14. The van der Waals surface area contributed by atoms with E-state index in [2.05, 4.69) is 39.3 Å². The Balaban J connectivity index is 2.35. The number of rotatable bonds is 8. The highest BCUT2D eigenvalue weighted by Crippen LogP contribution is 2.34. The fourth-order valence-corrected chi connectivity index (χ4v) is 3.60. The molecular formula is C14H20BrN3O2S. The summed E-state index contributed by atoms with van der Waals surface area (Å²) in [5.74, 6) is 0.886. The molecule has 0 fully saturated rings. The van der Waals surface area contributed by atoms with Gasteiger partial charge in [-0.15, -0.1) is 11.3 Å². The summed E-state index contributed by atoms with van der Waals surface area (Å²) in [5, 5.41) is 9.97. The van der Waals surface area contributed by atoms with Crippen molar-refractivity contribution in [1.82, 2.24) is 15.1 Å². The van der Waals surface area contributed by atoms with Gasteiger partial charge in [0.05, 0.1) is 42.7 Å². The van der Waals surface area contributed by atoms with Crippen molar-refractivity contribution in [3.8, 4) is 5.75 Å². The van der Waals surface area contributed by atoms with Crippen molar-refractivity contribution in [2.75, 3.05) is 27.4 Å². The van der Waals surface area contributed by atoms with Gasteiger partial charge in [-0.1, -0.05) is 6.92 Å². The number of aromatic nitrogens is 2. The molecule has 0 saturated carbocycles. The molecule has 0 bridgehead atoms. The molecule has 0 saturated heterocycles. The summed E-state index contributed by atoms with van der Waals surface area (Å²) >= 11 is 5.29. The number of nitrogens with one attached hydrogen (secondary N) is 1. The Bertz CT molecular complexity index is 570. The van der Waals surface area contributed by atoms with Gasteiger partial charge >= 0.3 is 0 Å². The minimum absolute atomic E-state index is 0.0811. The van der Waals surface area contributed by atoms with E-state index in [9.17, 15) is 0 Å². The SMILES string of the molecule is CCNC(c1cc(OC)cs1)c1c(Br)cnn1CCOC. The Hall–Kier alpha value is -0.890. The van der Waals surface area contributed by atoms with Crippen LogP contribution in [0.1, 0.15) is 23.5 Å². The van der Waals surface area contributed by atoms with E-state index in [1.807, 2.05) is 16.3 Å². The maximum absolute atomic E-state index is 5.29. The Kier molecular flexibility index (Phi) is 6.22. The molecule has 0 aliphatic carbocycles. The van der Waals surface area contributed by atoms with Gasteiger partial charge in [0.25, 0.3) is 0 Å². The van der Waals surface area contributed by atoms with Gasteiger partial charge in [0.1, 0.15) is 5.75 Å². The third kappa shape index (κ3) is 3.85. The molecule has 2 aromatic heterocycles. The molecule has 0 aromatic carbocycles. The van der Waals surface area contributed by atoms with Crippen molar-refractivity contribution in [3.05, 3.63) is 32.7 Å². The first-order chi connectivity index (χ1) is 10.2.